The van der Waals surface area contributed by atoms with Gasteiger partial charge in [-0.2, -0.15) is 0 Å². The van der Waals surface area contributed by atoms with Crippen LogP contribution in [-0.4, -0.2) is 55.9 Å². The summed E-state index contributed by atoms with van der Waals surface area (Å²) in [5, 5.41) is 4.21. The Kier molecular flexibility index (Phi) is 2.15. The third-order valence-corrected chi connectivity index (χ3v) is 3.78. The van der Waals surface area contributed by atoms with Gasteiger partial charge in [0.05, 0.1) is 13.1 Å². The Morgan fingerprint density at radius 1 is 0.867 bits per heavy atom. The van der Waals surface area contributed by atoms with E-state index in [1.807, 2.05) is 0 Å². The number of amides is 6. The molecule has 80 valence electrons. The number of imide groups is 2. The highest BCUT2D eigenvalue weighted by Crippen LogP contribution is 2.02. The molecule has 2 N–H and O–H groups in total. The Hall–Kier alpha value is -1.90. The highest BCUT2D eigenvalue weighted by molar-refractivity contribution is 6.41. The second kappa shape index (κ2) is 3.35. The van der Waals surface area contributed by atoms with E-state index in [4.69, 9.17) is 0 Å². The number of nitrogens with one attached hydrogen (secondary N) is 2. The molecule has 2 heterocycles. The van der Waals surface area contributed by atoms with Crippen LogP contribution in [0.2, 0.25) is 0 Å². The molecule has 0 aromatic rings. The molecule has 2 saturated heterocycles. The van der Waals surface area contributed by atoms with Gasteiger partial charge in [0.15, 0.2) is 0 Å². The van der Waals surface area contributed by atoms with Gasteiger partial charge in [0, 0.05) is 0 Å². The number of hydrogen-bond donors (Lipinski definition) is 2. The molecule has 0 bridgehead atoms. The summed E-state index contributed by atoms with van der Waals surface area (Å²) in [5.74, 6) is -0.753. The summed E-state index contributed by atoms with van der Waals surface area (Å²) in [6.45, 7) is -0.0496. The number of hydrogen-bond acceptors (Lipinski definition) is 4. The van der Waals surface area contributed by atoms with Crippen molar-refractivity contribution in [3.63, 3.8) is 0 Å². The zero-order valence-electron chi connectivity index (χ0n) is 7.65. The molecular weight excluding hydrogens is 220 g/mol. The Labute approximate surface area is 86.6 Å². The molecule has 6 amide bonds. The maximum Gasteiger partial charge on any atom is 0.317 e. The van der Waals surface area contributed by atoms with Gasteiger partial charge in [0.1, 0.15) is 0 Å². The third kappa shape index (κ3) is 1.81. The van der Waals surface area contributed by atoms with Crippen LogP contribution in [0.15, 0.2) is 0 Å². The van der Waals surface area contributed by atoms with Crippen molar-refractivity contribution in [3.8, 4) is 0 Å². The van der Waals surface area contributed by atoms with E-state index in [1.165, 1.54) is 9.13 Å². The van der Waals surface area contributed by atoms with Gasteiger partial charge in [-0.25, -0.2) is 9.59 Å². The zero-order valence-corrected chi connectivity index (χ0v) is 9.06. The number of rotatable bonds is 2. The molecule has 2 aliphatic rings. The van der Waals surface area contributed by atoms with Crippen LogP contribution < -0.4 is 10.6 Å². The van der Waals surface area contributed by atoms with E-state index in [-0.39, 0.29) is 24.9 Å². The lowest BCUT2D eigenvalue weighted by Gasteiger charge is -2.19. The molecule has 8 nitrogen and oxygen atoms in total. The molecule has 2 rings (SSSR count). The summed E-state index contributed by atoms with van der Waals surface area (Å²) in [5.41, 5.74) is 0. The minimum Gasteiger partial charge on any atom is -0.329 e. The van der Waals surface area contributed by atoms with Crippen molar-refractivity contribution < 1.29 is 19.2 Å². The van der Waals surface area contributed by atoms with Crippen LogP contribution in [0.3, 0.4) is 0 Å². The lowest BCUT2D eigenvalue weighted by Crippen LogP contribution is -2.44. The van der Waals surface area contributed by atoms with Crippen molar-refractivity contribution in [1.82, 2.24) is 19.8 Å². The fraction of sp³-hybridized carbons (Fsp3) is 0.333. The Balaban J connectivity index is 1.98. The molecule has 0 spiro atoms. The monoisotopic (exact) mass is 228 g/mol. The molecule has 9 heteroatoms. The summed E-state index contributed by atoms with van der Waals surface area (Å²) < 4.78 is 2.58. The Bertz CT molecular complexity index is 336. The van der Waals surface area contributed by atoms with Crippen LogP contribution in [0.4, 0.5) is 9.59 Å². The molecule has 0 atom stereocenters. The van der Waals surface area contributed by atoms with Gasteiger partial charge in [-0.15, -0.1) is 0 Å². The topological polar surface area (TPSA) is 98.8 Å². The predicted octanol–water partition coefficient (Wildman–Crippen LogP) is -2.91. The lowest BCUT2D eigenvalue weighted by atomic mass is 10.7. The summed E-state index contributed by atoms with van der Waals surface area (Å²) in [7, 11) is -1.39. The molecule has 0 saturated carbocycles. The van der Waals surface area contributed by atoms with Gasteiger partial charge >= 0.3 is 12.1 Å². The second-order valence-electron chi connectivity index (χ2n) is 3.24. The van der Waals surface area contributed by atoms with Crippen molar-refractivity contribution in [1.29, 1.82) is 0 Å². The molecular formula is C6H8N4O4Si. The highest BCUT2D eigenvalue weighted by Gasteiger charge is 2.33. The Morgan fingerprint density at radius 2 is 1.27 bits per heavy atom. The molecule has 2 fully saturated rings. The molecule has 0 radical (unpaired) electrons. The number of nitrogens with zero attached hydrogens (tertiary/aromatic N) is 2. The van der Waals surface area contributed by atoms with Crippen molar-refractivity contribution in [2.24, 2.45) is 0 Å². The summed E-state index contributed by atoms with van der Waals surface area (Å²) in [6.07, 6.45) is 0. The number of carbonyl (C=O) groups is 4. The van der Waals surface area contributed by atoms with Crippen LogP contribution in [0.25, 0.3) is 0 Å². The molecule has 0 aromatic heterocycles. The number of urea groups is 2. The van der Waals surface area contributed by atoms with E-state index < -0.39 is 21.9 Å². The maximum atomic E-state index is 11.1. The second-order valence-corrected chi connectivity index (χ2v) is 5.05. The van der Waals surface area contributed by atoms with E-state index in [1.54, 1.807) is 0 Å². The minimum atomic E-state index is -1.39. The van der Waals surface area contributed by atoms with Crippen molar-refractivity contribution in [2.45, 2.75) is 0 Å². The average molecular weight is 228 g/mol. The maximum absolute atomic E-state index is 11.1. The summed E-state index contributed by atoms with van der Waals surface area (Å²) in [6, 6.07) is -0.974. The quantitative estimate of drug-likeness (QED) is 0.391. The molecule has 15 heavy (non-hydrogen) atoms. The van der Waals surface area contributed by atoms with E-state index in [0.29, 0.717) is 0 Å². The molecule has 0 unspecified atom stereocenters. The molecule has 0 aliphatic carbocycles. The summed E-state index contributed by atoms with van der Waals surface area (Å²) >= 11 is 0. The minimum absolute atomic E-state index is 0.0248. The van der Waals surface area contributed by atoms with Crippen molar-refractivity contribution in [2.75, 3.05) is 13.1 Å². The largest absolute Gasteiger partial charge is 0.329 e. The molecule has 2 aliphatic heterocycles. The average Bonchev–Trinajstić information content (AvgIpc) is 2.58. The smallest absolute Gasteiger partial charge is 0.317 e. The first-order valence-corrected chi connectivity index (χ1v) is 5.50. The zero-order chi connectivity index (χ0) is 11.0. The van der Waals surface area contributed by atoms with Gasteiger partial charge in [-0.3, -0.25) is 20.2 Å². The first-order chi connectivity index (χ1) is 7.06. The van der Waals surface area contributed by atoms with Crippen LogP contribution >= 0.6 is 0 Å². The highest BCUT2D eigenvalue weighted by atomic mass is 28.2. The van der Waals surface area contributed by atoms with Crippen LogP contribution in [0.5, 0.6) is 0 Å². The van der Waals surface area contributed by atoms with Crippen LogP contribution in [-0.2, 0) is 9.59 Å². The van der Waals surface area contributed by atoms with Gasteiger partial charge < -0.3 is 9.13 Å². The fourth-order valence-electron chi connectivity index (χ4n) is 1.40. The van der Waals surface area contributed by atoms with Crippen molar-refractivity contribution in [3.05, 3.63) is 0 Å². The van der Waals surface area contributed by atoms with Crippen LogP contribution in [0.1, 0.15) is 0 Å². The van der Waals surface area contributed by atoms with Gasteiger partial charge in [-0.1, -0.05) is 0 Å². The van der Waals surface area contributed by atoms with E-state index >= 15 is 0 Å². The van der Waals surface area contributed by atoms with Gasteiger partial charge in [-0.05, 0) is 0 Å². The first kappa shape index (κ1) is 9.64. The van der Waals surface area contributed by atoms with Crippen LogP contribution in [0, 0.1) is 0 Å². The Morgan fingerprint density at radius 3 is 1.53 bits per heavy atom. The predicted molar refractivity (Wildman–Crippen MR) is 49.0 cm³/mol. The normalized spacial score (nSPS) is 21.1. The third-order valence-electron chi connectivity index (χ3n) is 2.08. The first-order valence-electron chi connectivity index (χ1n) is 4.24. The fourth-order valence-corrected chi connectivity index (χ4v) is 2.83. The van der Waals surface area contributed by atoms with Gasteiger partial charge in [0.2, 0.25) is 21.7 Å². The van der Waals surface area contributed by atoms with E-state index in [2.05, 4.69) is 10.6 Å². The van der Waals surface area contributed by atoms with E-state index in [9.17, 15) is 19.2 Å². The van der Waals surface area contributed by atoms with Gasteiger partial charge in [0.25, 0.3) is 0 Å². The SMILES string of the molecule is O=C1CN([SiH2]N2CC(=O)NC2=O)C(=O)N1. The summed E-state index contributed by atoms with van der Waals surface area (Å²) in [4.78, 5) is 44.0. The van der Waals surface area contributed by atoms with Crippen molar-refractivity contribution >= 4 is 33.7 Å². The number of carbonyl (C=O) groups excluding carboxylic acids is 4. The lowest BCUT2D eigenvalue weighted by molar-refractivity contribution is -0.118. The standard InChI is InChI=1S/C6H8N4O4Si/c11-3-1-9(5(13)7-3)15-10-2-4(12)8-6(10)14/h1-2,15H2,(H,7,11,13)(H,8,12,14). The molecule has 0 aromatic carbocycles. The van der Waals surface area contributed by atoms with E-state index in [0.717, 1.165) is 0 Å².